The highest BCUT2D eigenvalue weighted by Crippen LogP contribution is 2.31. The number of aryl methyl sites for hydroxylation is 1. The van der Waals surface area contributed by atoms with Gasteiger partial charge in [-0.1, -0.05) is 36.4 Å². The van der Waals surface area contributed by atoms with Crippen molar-refractivity contribution in [3.05, 3.63) is 77.6 Å². The Balaban J connectivity index is 1.65. The minimum Gasteiger partial charge on any atom is -0.320 e. The summed E-state index contributed by atoms with van der Waals surface area (Å²) in [5, 5.41) is 5.02. The molecule has 0 spiro atoms. The van der Waals surface area contributed by atoms with E-state index in [4.69, 9.17) is 4.98 Å². The van der Waals surface area contributed by atoms with Crippen molar-refractivity contribution < 1.29 is 4.79 Å². The van der Waals surface area contributed by atoms with Gasteiger partial charge in [0.2, 0.25) is 0 Å². The van der Waals surface area contributed by atoms with E-state index in [0.29, 0.717) is 0 Å². The van der Waals surface area contributed by atoms with E-state index in [1.807, 2.05) is 54.6 Å². The lowest BCUT2D eigenvalue weighted by atomic mass is 10.0. The summed E-state index contributed by atoms with van der Waals surface area (Å²) in [5.41, 5.74) is 5.34. The van der Waals surface area contributed by atoms with Crippen LogP contribution in [0.15, 0.2) is 60.8 Å². The predicted molar refractivity (Wildman–Crippen MR) is 103 cm³/mol. The highest BCUT2D eigenvalue weighted by atomic mass is 16.1. The molecule has 1 aliphatic carbocycles. The van der Waals surface area contributed by atoms with Crippen LogP contribution in [-0.2, 0) is 12.8 Å². The standard InChI is InChI=1S/C22H17N3O/c26-22(25-19-12-3-6-14-7-5-13-23-21(14)19)20-15-8-1-2-10-17(15)24-18-11-4-9-16(18)20/h1-3,5-8,10,12-13H,4,9,11H2,(H,25,26). The Morgan fingerprint density at radius 3 is 2.81 bits per heavy atom. The number of benzene rings is 2. The highest BCUT2D eigenvalue weighted by Gasteiger charge is 2.24. The molecule has 1 aliphatic rings. The van der Waals surface area contributed by atoms with Crippen LogP contribution in [0.1, 0.15) is 28.0 Å². The summed E-state index contributed by atoms with van der Waals surface area (Å²) >= 11 is 0. The lowest BCUT2D eigenvalue weighted by molar-refractivity contribution is 0.102. The second kappa shape index (κ2) is 5.92. The van der Waals surface area contributed by atoms with Gasteiger partial charge in [0.05, 0.1) is 22.3 Å². The summed E-state index contributed by atoms with van der Waals surface area (Å²) in [6.45, 7) is 0. The first-order valence-corrected chi connectivity index (χ1v) is 8.87. The van der Waals surface area contributed by atoms with Crippen molar-refractivity contribution in [3.63, 3.8) is 0 Å². The molecule has 2 aromatic heterocycles. The molecule has 4 nitrogen and oxygen atoms in total. The van der Waals surface area contributed by atoms with Crippen LogP contribution in [-0.4, -0.2) is 15.9 Å². The van der Waals surface area contributed by atoms with E-state index in [1.165, 1.54) is 0 Å². The molecule has 0 fully saturated rings. The third kappa shape index (κ3) is 2.34. The Kier molecular flexibility index (Phi) is 3.42. The normalized spacial score (nSPS) is 13.1. The topological polar surface area (TPSA) is 54.9 Å². The number of nitrogens with zero attached hydrogens (tertiary/aromatic N) is 2. The summed E-state index contributed by atoms with van der Waals surface area (Å²) in [6.07, 6.45) is 4.65. The Bertz CT molecular complexity index is 1160. The van der Waals surface area contributed by atoms with Gasteiger partial charge in [-0.3, -0.25) is 14.8 Å². The van der Waals surface area contributed by atoms with Gasteiger partial charge in [-0.15, -0.1) is 0 Å². The first-order chi connectivity index (χ1) is 12.8. The van der Waals surface area contributed by atoms with Crippen molar-refractivity contribution in [2.45, 2.75) is 19.3 Å². The maximum atomic E-state index is 13.3. The van der Waals surface area contributed by atoms with Gasteiger partial charge in [0, 0.05) is 22.7 Å². The molecule has 0 aliphatic heterocycles. The molecule has 0 radical (unpaired) electrons. The minimum absolute atomic E-state index is 0.0834. The molecule has 2 aromatic carbocycles. The van der Waals surface area contributed by atoms with Crippen molar-refractivity contribution in [1.82, 2.24) is 9.97 Å². The number of fused-ring (bicyclic) bond motifs is 3. The fourth-order valence-corrected chi connectivity index (χ4v) is 3.86. The molecule has 26 heavy (non-hydrogen) atoms. The van der Waals surface area contributed by atoms with Gasteiger partial charge in [0.25, 0.3) is 5.91 Å². The van der Waals surface area contributed by atoms with E-state index in [2.05, 4.69) is 10.3 Å². The van der Waals surface area contributed by atoms with Crippen LogP contribution in [0.25, 0.3) is 21.8 Å². The van der Waals surface area contributed by atoms with Crippen molar-refractivity contribution in [3.8, 4) is 0 Å². The van der Waals surface area contributed by atoms with Gasteiger partial charge in [0.15, 0.2) is 0 Å². The molecule has 0 saturated heterocycles. The minimum atomic E-state index is -0.0834. The number of aromatic nitrogens is 2. The first kappa shape index (κ1) is 15.0. The Morgan fingerprint density at radius 1 is 0.962 bits per heavy atom. The van der Waals surface area contributed by atoms with E-state index in [0.717, 1.165) is 63.6 Å². The highest BCUT2D eigenvalue weighted by molar-refractivity contribution is 6.15. The van der Waals surface area contributed by atoms with Gasteiger partial charge >= 0.3 is 0 Å². The molecule has 2 heterocycles. The zero-order chi connectivity index (χ0) is 17.5. The zero-order valence-corrected chi connectivity index (χ0v) is 14.2. The van der Waals surface area contributed by atoms with Gasteiger partial charge < -0.3 is 5.32 Å². The Hall–Kier alpha value is -3.27. The van der Waals surface area contributed by atoms with Gasteiger partial charge in [-0.25, -0.2) is 0 Å². The number of para-hydroxylation sites is 2. The quantitative estimate of drug-likeness (QED) is 0.584. The first-order valence-electron chi connectivity index (χ1n) is 8.87. The van der Waals surface area contributed by atoms with Crippen LogP contribution in [0, 0.1) is 0 Å². The van der Waals surface area contributed by atoms with Gasteiger partial charge in [-0.05, 0) is 43.0 Å². The Labute approximate surface area is 150 Å². The van der Waals surface area contributed by atoms with Crippen LogP contribution in [0.5, 0.6) is 0 Å². The third-order valence-electron chi connectivity index (χ3n) is 5.03. The van der Waals surface area contributed by atoms with E-state index in [9.17, 15) is 4.79 Å². The molecular formula is C22H17N3O. The number of nitrogens with one attached hydrogen (secondary N) is 1. The number of anilines is 1. The number of hydrogen-bond donors (Lipinski definition) is 1. The zero-order valence-electron chi connectivity index (χ0n) is 14.2. The van der Waals surface area contributed by atoms with Crippen LogP contribution < -0.4 is 5.32 Å². The number of carbonyl (C=O) groups excluding carboxylic acids is 1. The van der Waals surface area contributed by atoms with Crippen LogP contribution in [0.2, 0.25) is 0 Å². The predicted octanol–water partition coefficient (Wildman–Crippen LogP) is 4.52. The maximum absolute atomic E-state index is 13.3. The molecule has 0 atom stereocenters. The number of pyridine rings is 2. The van der Waals surface area contributed by atoms with Crippen LogP contribution >= 0.6 is 0 Å². The van der Waals surface area contributed by atoms with E-state index >= 15 is 0 Å². The molecule has 0 unspecified atom stereocenters. The van der Waals surface area contributed by atoms with E-state index < -0.39 is 0 Å². The molecule has 1 N–H and O–H groups in total. The second-order valence-corrected chi connectivity index (χ2v) is 6.62. The summed E-state index contributed by atoms with van der Waals surface area (Å²) in [4.78, 5) is 22.5. The van der Waals surface area contributed by atoms with Crippen LogP contribution in [0.4, 0.5) is 5.69 Å². The van der Waals surface area contributed by atoms with Crippen LogP contribution in [0.3, 0.4) is 0 Å². The molecule has 5 rings (SSSR count). The largest absolute Gasteiger partial charge is 0.320 e. The average Bonchev–Trinajstić information content (AvgIpc) is 3.14. The fraction of sp³-hybridized carbons (Fsp3) is 0.136. The molecular weight excluding hydrogens is 322 g/mol. The molecule has 4 heteroatoms. The molecule has 4 aromatic rings. The maximum Gasteiger partial charge on any atom is 0.256 e. The number of amides is 1. The molecule has 126 valence electrons. The molecule has 0 bridgehead atoms. The Morgan fingerprint density at radius 2 is 1.85 bits per heavy atom. The summed E-state index contributed by atoms with van der Waals surface area (Å²) in [7, 11) is 0. The third-order valence-corrected chi connectivity index (χ3v) is 5.03. The average molecular weight is 339 g/mol. The molecule has 1 amide bonds. The lowest BCUT2D eigenvalue weighted by Crippen LogP contribution is -2.16. The number of carbonyl (C=O) groups is 1. The fourth-order valence-electron chi connectivity index (χ4n) is 3.86. The second-order valence-electron chi connectivity index (χ2n) is 6.62. The smallest absolute Gasteiger partial charge is 0.256 e. The van der Waals surface area contributed by atoms with E-state index in [1.54, 1.807) is 6.20 Å². The SMILES string of the molecule is O=C(Nc1cccc2cccnc12)c1c2c(nc3ccccc13)CCC2. The number of rotatable bonds is 2. The monoisotopic (exact) mass is 339 g/mol. The van der Waals surface area contributed by atoms with Crippen molar-refractivity contribution in [1.29, 1.82) is 0 Å². The van der Waals surface area contributed by atoms with Gasteiger partial charge in [0.1, 0.15) is 0 Å². The van der Waals surface area contributed by atoms with E-state index in [-0.39, 0.29) is 5.91 Å². The van der Waals surface area contributed by atoms with Gasteiger partial charge in [-0.2, -0.15) is 0 Å². The summed E-state index contributed by atoms with van der Waals surface area (Å²) in [6, 6.07) is 17.6. The number of hydrogen-bond acceptors (Lipinski definition) is 3. The molecule has 0 saturated carbocycles. The lowest BCUT2D eigenvalue weighted by Gasteiger charge is -2.13. The van der Waals surface area contributed by atoms with Crippen molar-refractivity contribution in [2.75, 3.05) is 5.32 Å². The van der Waals surface area contributed by atoms with Crippen molar-refractivity contribution >= 4 is 33.4 Å². The summed E-state index contributed by atoms with van der Waals surface area (Å²) < 4.78 is 0. The van der Waals surface area contributed by atoms with Crippen molar-refractivity contribution in [2.24, 2.45) is 0 Å². The summed E-state index contributed by atoms with van der Waals surface area (Å²) in [5.74, 6) is -0.0834.